The number of rotatable bonds is 10. The minimum atomic E-state index is -1.02. The molecule has 150 valence electrons. The van der Waals surface area contributed by atoms with E-state index in [2.05, 4.69) is 5.32 Å². The Morgan fingerprint density at radius 2 is 1.71 bits per heavy atom. The molecule has 2 aromatic rings. The van der Waals surface area contributed by atoms with Gasteiger partial charge in [-0.1, -0.05) is 24.3 Å². The van der Waals surface area contributed by atoms with Crippen molar-refractivity contribution in [3.63, 3.8) is 0 Å². The molecule has 6 heteroatoms. The molecule has 0 fully saturated rings. The molecule has 1 amide bonds. The maximum absolute atomic E-state index is 12.5. The van der Waals surface area contributed by atoms with E-state index >= 15 is 0 Å². The second kappa shape index (κ2) is 9.78. The van der Waals surface area contributed by atoms with Gasteiger partial charge in [0.15, 0.2) is 0 Å². The van der Waals surface area contributed by atoms with Crippen molar-refractivity contribution in [1.29, 1.82) is 0 Å². The van der Waals surface area contributed by atoms with Crippen molar-refractivity contribution in [3.05, 3.63) is 59.7 Å². The van der Waals surface area contributed by atoms with Crippen LogP contribution in [0.25, 0.3) is 0 Å². The number of carbonyl (C=O) groups excluding carboxylic acids is 1. The van der Waals surface area contributed by atoms with Crippen LogP contribution in [-0.2, 0) is 21.5 Å². The van der Waals surface area contributed by atoms with Crippen LogP contribution in [0.4, 0.5) is 0 Å². The van der Waals surface area contributed by atoms with Crippen LogP contribution >= 0.6 is 0 Å². The Labute approximate surface area is 165 Å². The van der Waals surface area contributed by atoms with Gasteiger partial charge >= 0.3 is 5.97 Å². The maximum atomic E-state index is 12.5. The Hall–Kier alpha value is -3.02. The van der Waals surface area contributed by atoms with Gasteiger partial charge < -0.3 is 19.9 Å². The Morgan fingerprint density at radius 3 is 2.32 bits per heavy atom. The number of carboxylic acids is 1. The van der Waals surface area contributed by atoms with Crippen molar-refractivity contribution in [2.75, 3.05) is 14.2 Å². The normalized spacial score (nSPS) is 12.7. The molecule has 0 aliphatic rings. The molecular formula is C22H27NO5. The average Bonchev–Trinajstić information content (AvgIpc) is 2.68. The highest BCUT2D eigenvalue weighted by molar-refractivity contribution is 5.78. The van der Waals surface area contributed by atoms with E-state index in [9.17, 15) is 14.7 Å². The molecule has 2 aromatic carbocycles. The molecule has 2 N–H and O–H groups in total. The summed E-state index contributed by atoms with van der Waals surface area (Å²) in [6.45, 7) is 1.72. The average molecular weight is 385 g/mol. The fourth-order valence-corrected chi connectivity index (χ4v) is 3.10. The molecule has 0 saturated carbocycles. The summed E-state index contributed by atoms with van der Waals surface area (Å²) in [7, 11) is 3.17. The fourth-order valence-electron chi connectivity index (χ4n) is 3.10. The molecule has 0 aliphatic carbocycles. The quantitative estimate of drug-likeness (QED) is 0.653. The van der Waals surface area contributed by atoms with Gasteiger partial charge in [0.05, 0.1) is 26.2 Å². The summed E-state index contributed by atoms with van der Waals surface area (Å²) in [6, 6.07) is 14.8. The third kappa shape index (κ3) is 6.01. The van der Waals surface area contributed by atoms with Gasteiger partial charge in [-0.05, 0) is 55.2 Å². The van der Waals surface area contributed by atoms with Crippen molar-refractivity contribution >= 4 is 11.9 Å². The molecule has 0 bridgehead atoms. The van der Waals surface area contributed by atoms with Crippen LogP contribution < -0.4 is 14.8 Å². The Kier molecular flexibility index (Phi) is 7.44. The number of aliphatic carboxylic acids is 1. The highest BCUT2D eigenvalue weighted by Crippen LogP contribution is 2.28. The first-order chi connectivity index (χ1) is 13.4. The highest BCUT2D eigenvalue weighted by atomic mass is 16.5. The number of nitrogens with one attached hydrogen (secondary N) is 1. The summed E-state index contributed by atoms with van der Waals surface area (Å²) in [4.78, 5) is 23.9. The van der Waals surface area contributed by atoms with Gasteiger partial charge in [0.1, 0.15) is 11.5 Å². The minimum Gasteiger partial charge on any atom is -0.497 e. The topological polar surface area (TPSA) is 84.9 Å². The summed E-state index contributed by atoms with van der Waals surface area (Å²) in [5.74, 6) is 0.246. The molecule has 1 unspecified atom stereocenters. The van der Waals surface area contributed by atoms with Crippen LogP contribution in [0, 0.1) is 0 Å². The van der Waals surface area contributed by atoms with Crippen molar-refractivity contribution < 1.29 is 24.2 Å². The van der Waals surface area contributed by atoms with Crippen molar-refractivity contribution in [1.82, 2.24) is 5.32 Å². The predicted octanol–water partition coefficient (Wildman–Crippen LogP) is 3.53. The van der Waals surface area contributed by atoms with Crippen LogP contribution in [0.1, 0.15) is 37.3 Å². The summed E-state index contributed by atoms with van der Waals surface area (Å²) >= 11 is 0. The maximum Gasteiger partial charge on any atom is 0.306 e. The van der Waals surface area contributed by atoms with E-state index in [0.717, 1.165) is 17.7 Å². The van der Waals surface area contributed by atoms with Gasteiger partial charge in [-0.25, -0.2) is 0 Å². The minimum absolute atomic E-state index is 0.180. The number of ether oxygens (including phenoxy) is 2. The van der Waals surface area contributed by atoms with Crippen molar-refractivity contribution in [3.8, 4) is 11.5 Å². The smallest absolute Gasteiger partial charge is 0.306 e. The summed E-state index contributed by atoms with van der Waals surface area (Å²) in [5.41, 5.74) is 0.796. The number of aryl methyl sites for hydroxylation is 1. The lowest BCUT2D eigenvalue weighted by Gasteiger charge is -2.30. The molecule has 2 rings (SSSR count). The predicted molar refractivity (Wildman–Crippen MR) is 107 cm³/mol. The zero-order chi connectivity index (χ0) is 20.6. The first-order valence-electron chi connectivity index (χ1n) is 9.16. The number of methoxy groups -OCH3 is 2. The molecular weight excluding hydrogens is 358 g/mol. The van der Waals surface area contributed by atoms with Gasteiger partial charge in [-0.15, -0.1) is 0 Å². The third-order valence-corrected chi connectivity index (χ3v) is 4.66. The van der Waals surface area contributed by atoms with E-state index in [-0.39, 0.29) is 12.3 Å². The zero-order valence-electron chi connectivity index (χ0n) is 16.5. The highest BCUT2D eigenvalue weighted by Gasteiger charge is 2.31. The van der Waals surface area contributed by atoms with E-state index < -0.39 is 11.5 Å². The summed E-state index contributed by atoms with van der Waals surface area (Å²) in [5, 5.41) is 12.2. The van der Waals surface area contributed by atoms with E-state index in [1.807, 2.05) is 24.3 Å². The number of carboxylic acid groups (broad SMARTS) is 1. The van der Waals surface area contributed by atoms with Gasteiger partial charge in [-0.2, -0.15) is 0 Å². The van der Waals surface area contributed by atoms with Gasteiger partial charge in [0.25, 0.3) is 0 Å². The number of hydrogen-bond acceptors (Lipinski definition) is 4. The van der Waals surface area contributed by atoms with Gasteiger partial charge in [-0.3, -0.25) is 9.59 Å². The number of carbonyl (C=O) groups is 2. The van der Waals surface area contributed by atoms with Crippen molar-refractivity contribution in [2.45, 2.75) is 38.1 Å². The summed E-state index contributed by atoms with van der Waals surface area (Å²) < 4.78 is 10.4. The Bertz CT molecular complexity index is 803. The van der Waals surface area contributed by atoms with Gasteiger partial charge in [0.2, 0.25) is 5.91 Å². The first-order valence-corrected chi connectivity index (χ1v) is 9.16. The largest absolute Gasteiger partial charge is 0.497 e. The number of amides is 1. The first kappa shape index (κ1) is 21.3. The van der Waals surface area contributed by atoms with Crippen LogP contribution in [0.2, 0.25) is 0 Å². The lowest BCUT2D eigenvalue weighted by atomic mass is 9.88. The van der Waals surface area contributed by atoms with E-state index in [1.165, 1.54) is 0 Å². The molecule has 6 nitrogen and oxygen atoms in total. The molecule has 28 heavy (non-hydrogen) atoms. The fraction of sp³-hybridized carbons (Fsp3) is 0.364. The third-order valence-electron chi connectivity index (χ3n) is 4.66. The van der Waals surface area contributed by atoms with E-state index in [1.54, 1.807) is 45.4 Å². The molecule has 0 aromatic heterocycles. The van der Waals surface area contributed by atoms with E-state index in [4.69, 9.17) is 9.47 Å². The van der Waals surface area contributed by atoms with Crippen LogP contribution in [0.15, 0.2) is 48.5 Å². The number of hydrogen-bond donors (Lipinski definition) is 2. The second-order valence-corrected chi connectivity index (χ2v) is 6.88. The molecule has 0 aliphatic heterocycles. The van der Waals surface area contributed by atoms with Crippen LogP contribution in [0.3, 0.4) is 0 Å². The van der Waals surface area contributed by atoms with Gasteiger partial charge in [0, 0.05) is 6.42 Å². The van der Waals surface area contributed by atoms with Crippen LogP contribution in [0.5, 0.6) is 11.5 Å². The molecule has 1 atom stereocenters. The van der Waals surface area contributed by atoms with Crippen molar-refractivity contribution in [2.24, 2.45) is 0 Å². The Morgan fingerprint density at radius 1 is 1.04 bits per heavy atom. The van der Waals surface area contributed by atoms with E-state index in [0.29, 0.717) is 24.2 Å². The Balaban J connectivity index is 2.00. The monoisotopic (exact) mass is 385 g/mol. The molecule has 0 heterocycles. The lowest BCUT2D eigenvalue weighted by Crippen LogP contribution is -2.45. The molecule has 0 radical (unpaired) electrons. The lowest BCUT2D eigenvalue weighted by molar-refractivity contribution is -0.139. The SMILES string of the molecule is COc1ccc(CCCC(=O)NC(C)(CC(=O)O)c2cccc(OC)c2)cc1. The second-order valence-electron chi connectivity index (χ2n) is 6.88. The summed E-state index contributed by atoms with van der Waals surface area (Å²) in [6.07, 6.45) is 1.52. The molecule has 0 saturated heterocycles. The van der Waals surface area contributed by atoms with Crippen LogP contribution in [-0.4, -0.2) is 31.2 Å². The molecule has 0 spiro atoms. The zero-order valence-corrected chi connectivity index (χ0v) is 16.5. The number of benzene rings is 2. The standard InChI is InChI=1S/C22H27NO5/c1-22(15-21(25)26,17-7-5-8-19(14-17)28-3)23-20(24)9-4-6-16-10-12-18(27-2)13-11-16/h5,7-8,10-14H,4,6,9,15H2,1-3H3,(H,23,24)(H,25,26).